The van der Waals surface area contributed by atoms with E-state index in [0.717, 1.165) is 11.1 Å². The van der Waals surface area contributed by atoms with Crippen molar-refractivity contribution in [1.82, 2.24) is 10.6 Å². The van der Waals surface area contributed by atoms with Crippen LogP contribution in [-0.4, -0.2) is 30.7 Å². The van der Waals surface area contributed by atoms with E-state index in [1.54, 1.807) is 26.8 Å². The van der Waals surface area contributed by atoms with Crippen LogP contribution in [0.2, 0.25) is 5.02 Å². The number of hydrogen-bond acceptors (Lipinski definition) is 5. The van der Waals surface area contributed by atoms with Crippen LogP contribution in [0.3, 0.4) is 0 Å². The van der Waals surface area contributed by atoms with E-state index in [1.807, 2.05) is 66.7 Å². The van der Waals surface area contributed by atoms with Gasteiger partial charge in [-0.1, -0.05) is 54.1 Å². The molecule has 0 radical (unpaired) electrons. The molecule has 1 unspecified atom stereocenters. The Labute approximate surface area is 229 Å². The lowest BCUT2D eigenvalue weighted by Gasteiger charge is -2.23. The molecule has 0 bridgehead atoms. The molecule has 3 aromatic rings. The molecule has 0 saturated heterocycles. The molecule has 0 aromatic heterocycles. The second kappa shape index (κ2) is 13.7. The van der Waals surface area contributed by atoms with Crippen LogP contribution in [0.25, 0.3) is 0 Å². The number of aryl methyl sites for hydroxylation is 1. The van der Waals surface area contributed by atoms with Crippen LogP contribution in [0.5, 0.6) is 17.2 Å². The topological polar surface area (TPSA) is 85.9 Å². The first-order chi connectivity index (χ1) is 18.1. The number of hydrogen-bond donors (Lipinski definition) is 2. The molecule has 3 aromatic carbocycles. The molecular weight excluding hydrogens is 504 g/mol. The highest BCUT2D eigenvalue weighted by molar-refractivity contribution is 6.31. The largest absolute Gasteiger partial charge is 0.489 e. The lowest BCUT2D eigenvalue weighted by Crippen LogP contribution is -2.47. The van der Waals surface area contributed by atoms with Gasteiger partial charge in [0.15, 0.2) is 0 Å². The first kappa shape index (κ1) is 28.9. The van der Waals surface area contributed by atoms with Crippen molar-refractivity contribution in [2.45, 2.75) is 58.3 Å². The summed E-state index contributed by atoms with van der Waals surface area (Å²) in [6.45, 7) is 5.78. The number of carbonyl (C=O) groups excluding carboxylic acids is 2. The predicted molar refractivity (Wildman–Crippen MR) is 149 cm³/mol. The smallest absolute Gasteiger partial charge is 0.408 e. The number of alkyl carbamates (subject to hydrolysis) is 1. The third kappa shape index (κ3) is 9.63. The summed E-state index contributed by atoms with van der Waals surface area (Å²) in [6.07, 6.45) is 1.07. The van der Waals surface area contributed by atoms with Gasteiger partial charge in [0.05, 0.1) is 0 Å². The summed E-state index contributed by atoms with van der Waals surface area (Å²) in [5.74, 6) is 1.68. The van der Waals surface area contributed by atoms with Crippen molar-refractivity contribution < 1.29 is 23.8 Å². The van der Waals surface area contributed by atoms with Crippen molar-refractivity contribution in [1.29, 1.82) is 0 Å². The molecule has 0 aliphatic rings. The van der Waals surface area contributed by atoms with Crippen LogP contribution in [0.1, 0.15) is 44.7 Å². The average Bonchev–Trinajstić information content (AvgIpc) is 2.87. The Balaban J connectivity index is 1.54. The minimum absolute atomic E-state index is 0.277. The molecule has 0 heterocycles. The fourth-order valence-electron chi connectivity index (χ4n) is 3.69. The summed E-state index contributed by atoms with van der Waals surface area (Å²) in [6, 6.07) is 22.2. The number of nitrogens with one attached hydrogen (secondary N) is 2. The number of likely N-dealkylation sites (N-methyl/N-ethyl adjacent to an activating group) is 1. The monoisotopic (exact) mass is 538 g/mol. The van der Waals surface area contributed by atoms with Crippen LogP contribution in [0.4, 0.5) is 4.79 Å². The summed E-state index contributed by atoms with van der Waals surface area (Å²) in [4.78, 5) is 24.4. The van der Waals surface area contributed by atoms with Gasteiger partial charge in [-0.25, -0.2) is 4.79 Å². The molecular formula is C30H35ClN2O5. The fourth-order valence-corrected chi connectivity index (χ4v) is 3.95. The van der Waals surface area contributed by atoms with E-state index in [1.165, 1.54) is 7.05 Å². The molecule has 0 aliphatic carbocycles. The van der Waals surface area contributed by atoms with Gasteiger partial charge in [-0.3, -0.25) is 4.79 Å². The minimum Gasteiger partial charge on any atom is -0.489 e. The number of rotatable bonds is 11. The summed E-state index contributed by atoms with van der Waals surface area (Å²) in [5, 5.41) is 5.80. The molecule has 0 fully saturated rings. The number of halogens is 1. The third-order valence-corrected chi connectivity index (χ3v) is 5.86. The van der Waals surface area contributed by atoms with Gasteiger partial charge in [-0.15, -0.1) is 0 Å². The zero-order chi connectivity index (χ0) is 27.5. The minimum atomic E-state index is -0.701. The van der Waals surface area contributed by atoms with Gasteiger partial charge in [0.1, 0.15) is 35.5 Å². The molecule has 2 N–H and O–H groups in total. The Bertz CT molecular complexity index is 1210. The second-order valence-corrected chi connectivity index (χ2v) is 10.2. The Morgan fingerprint density at radius 3 is 2.32 bits per heavy atom. The lowest BCUT2D eigenvalue weighted by molar-refractivity contribution is -0.122. The van der Waals surface area contributed by atoms with Gasteiger partial charge in [0.2, 0.25) is 5.91 Å². The Morgan fingerprint density at radius 2 is 1.63 bits per heavy atom. The van der Waals surface area contributed by atoms with E-state index >= 15 is 0 Å². The molecule has 0 aliphatic heterocycles. The zero-order valence-electron chi connectivity index (χ0n) is 22.3. The molecule has 202 valence electrons. The Hall–Kier alpha value is -3.71. The van der Waals surface area contributed by atoms with Crippen molar-refractivity contribution in [2.75, 3.05) is 7.05 Å². The molecule has 1 atom stereocenters. The number of carbonyl (C=O) groups is 2. The summed E-state index contributed by atoms with van der Waals surface area (Å²) >= 11 is 6.53. The highest BCUT2D eigenvalue weighted by Gasteiger charge is 2.23. The molecule has 7 nitrogen and oxygen atoms in total. The van der Waals surface area contributed by atoms with Crippen molar-refractivity contribution >= 4 is 23.6 Å². The standard InChI is InChI=1S/C30H35ClN2O5/c1-30(2,3)38-29(35)33-27(28(34)32-4)15-8-12-22-16-17-25(19-26(22)31)37-24-14-9-13-23(18-24)36-20-21-10-6-5-7-11-21/h5-7,9-11,13-14,16-19,27H,8,12,15,20H2,1-4H3,(H,32,34)(H,33,35). The third-order valence-electron chi connectivity index (χ3n) is 5.51. The quantitative estimate of drug-likeness (QED) is 0.284. The highest BCUT2D eigenvalue weighted by Crippen LogP contribution is 2.30. The lowest BCUT2D eigenvalue weighted by atomic mass is 10.0. The molecule has 8 heteroatoms. The van der Waals surface area contributed by atoms with Crippen LogP contribution < -0.4 is 20.1 Å². The molecule has 2 amide bonds. The van der Waals surface area contributed by atoms with Gasteiger partial charge >= 0.3 is 6.09 Å². The summed E-state index contributed by atoms with van der Waals surface area (Å²) in [5.41, 5.74) is 1.36. The highest BCUT2D eigenvalue weighted by atomic mass is 35.5. The van der Waals surface area contributed by atoms with Crippen molar-refractivity contribution in [3.05, 3.63) is 88.9 Å². The second-order valence-electron chi connectivity index (χ2n) is 9.81. The van der Waals surface area contributed by atoms with Crippen molar-refractivity contribution in [3.63, 3.8) is 0 Å². The molecule has 0 saturated carbocycles. The van der Waals surface area contributed by atoms with Gasteiger partial charge < -0.3 is 24.8 Å². The van der Waals surface area contributed by atoms with Crippen molar-refractivity contribution in [3.8, 4) is 17.2 Å². The van der Waals surface area contributed by atoms with E-state index in [9.17, 15) is 9.59 Å². The van der Waals surface area contributed by atoms with Crippen molar-refractivity contribution in [2.24, 2.45) is 0 Å². The number of amides is 2. The van der Waals surface area contributed by atoms with Crippen LogP contribution in [0.15, 0.2) is 72.8 Å². The SMILES string of the molecule is CNC(=O)C(CCCc1ccc(Oc2cccc(OCc3ccccc3)c2)cc1Cl)NC(=O)OC(C)(C)C. The first-order valence-electron chi connectivity index (χ1n) is 12.6. The fraction of sp³-hybridized carbons (Fsp3) is 0.333. The van der Waals surface area contributed by atoms with E-state index in [-0.39, 0.29) is 5.91 Å². The molecule has 38 heavy (non-hydrogen) atoms. The van der Waals surface area contributed by atoms with Crippen LogP contribution in [0, 0.1) is 0 Å². The maximum Gasteiger partial charge on any atom is 0.408 e. The first-order valence-corrected chi connectivity index (χ1v) is 12.9. The van der Waals surface area contributed by atoms with Crippen LogP contribution in [-0.2, 0) is 22.6 Å². The maximum absolute atomic E-state index is 12.2. The average molecular weight is 539 g/mol. The van der Waals surface area contributed by atoms with E-state index in [4.69, 9.17) is 25.8 Å². The number of benzene rings is 3. The van der Waals surface area contributed by atoms with Gasteiger partial charge in [-0.05, 0) is 75.4 Å². The van der Waals surface area contributed by atoms with Crippen LogP contribution >= 0.6 is 11.6 Å². The molecule has 0 spiro atoms. The molecule has 3 rings (SSSR count). The maximum atomic E-state index is 12.2. The predicted octanol–water partition coefficient (Wildman–Crippen LogP) is 6.67. The van der Waals surface area contributed by atoms with E-state index < -0.39 is 17.7 Å². The van der Waals surface area contributed by atoms with Gasteiger partial charge in [0, 0.05) is 18.1 Å². The zero-order valence-corrected chi connectivity index (χ0v) is 23.0. The summed E-state index contributed by atoms with van der Waals surface area (Å²) in [7, 11) is 1.53. The normalized spacial score (nSPS) is 11.8. The van der Waals surface area contributed by atoms with E-state index in [0.29, 0.717) is 48.1 Å². The Morgan fingerprint density at radius 1 is 0.921 bits per heavy atom. The van der Waals surface area contributed by atoms with E-state index in [2.05, 4.69) is 10.6 Å². The van der Waals surface area contributed by atoms with Gasteiger partial charge in [0.25, 0.3) is 0 Å². The number of ether oxygens (including phenoxy) is 3. The summed E-state index contributed by atoms with van der Waals surface area (Å²) < 4.78 is 17.2. The Kier molecular flexibility index (Phi) is 10.4. The van der Waals surface area contributed by atoms with Gasteiger partial charge in [-0.2, -0.15) is 0 Å².